The molecular weight excluding hydrogens is 385 g/mol. The summed E-state index contributed by atoms with van der Waals surface area (Å²) in [4.78, 5) is 7.49. The van der Waals surface area contributed by atoms with Crippen LogP contribution in [0.15, 0.2) is 0 Å². The molecule has 9 atom stereocenters. The maximum atomic E-state index is 11.4. The molecule has 19 heavy (non-hydrogen) atoms. The minimum Gasteiger partial charge on any atom is -0.303 e. The molecule has 0 aromatic carbocycles. The van der Waals surface area contributed by atoms with Crippen molar-refractivity contribution >= 4 is 75.9 Å². The number of alkyl halides is 6. The highest BCUT2D eigenvalue weighted by Gasteiger charge is 3.12. The molecule has 0 aromatic rings. The summed E-state index contributed by atoms with van der Waals surface area (Å²) in [5.74, 6) is -0.143. The second-order valence-corrected chi connectivity index (χ2v) is 10.4. The molecule has 0 aromatic heterocycles. The van der Waals surface area contributed by atoms with Crippen LogP contribution in [0.1, 0.15) is 6.42 Å². The molecule has 5 aliphatic rings. The molecule has 5 saturated carbocycles. The van der Waals surface area contributed by atoms with E-state index in [1.165, 1.54) is 0 Å². The molecule has 5 rings (SSSR count). The van der Waals surface area contributed by atoms with Gasteiger partial charge in [0.05, 0.1) is 9.75 Å². The van der Waals surface area contributed by atoms with Gasteiger partial charge in [0.25, 0.3) is 0 Å². The van der Waals surface area contributed by atoms with Crippen molar-refractivity contribution in [2.24, 2.45) is 29.6 Å². The standard InChI is InChI=1S/C12H8Cl6O/c13-8-5-3(2-19)1-4-6(5)9(14,12(8,17)18)11(16)7(4)10(8,11)15/h2-7H,1H2/t3-,4-,5+,6-,7-,8+,9+,10+,11-/m0/s1/i1+1,2+1,3+1,4+1,5+1,6+1,7+1,8+1,9+1,10+1,11+1,12+1. The lowest BCUT2D eigenvalue weighted by molar-refractivity contribution is -0.112. The van der Waals surface area contributed by atoms with Crippen molar-refractivity contribution in [3.63, 3.8) is 0 Å². The van der Waals surface area contributed by atoms with Gasteiger partial charge in [-0.3, -0.25) is 0 Å². The minimum atomic E-state index is -1.41. The Balaban J connectivity index is 1.89. The normalized spacial score (nSPS) is 76.6. The lowest BCUT2D eigenvalue weighted by Gasteiger charge is -2.42. The van der Waals surface area contributed by atoms with E-state index in [0.29, 0.717) is 0 Å². The van der Waals surface area contributed by atoms with Gasteiger partial charge in [-0.2, -0.15) is 0 Å². The lowest BCUT2D eigenvalue weighted by atomic mass is 10.7. The number of aldehydes is 1. The van der Waals surface area contributed by atoms with Crippen LogP contribution in [0.25, 0.3) is 0 Å². The molecule has 0 spiro atoms. The molecule has 0 amide bonds. The third-order valence-electron chi connectivity index (χ3n) is 6.65. The van der Waals surface area contributed by atoms with Crippen molar-refractivity contribution in [3.05, 3.63) is 0 Å². The average molecular weight is 393 g/mol. The fourth-order valence-corrected chi connectivity index (χ4v) is 10.9. The Morgan fingerprint density at radius 2 is 1.37 bits per heavy atom. The maximum Gasteiger partial charge on any atom is 0.160 e. The molecule has 1 nitrogen and oxygen atoms in total. The highest BCUT2D eigenvalue weighted by atomic mass is 35.5. The summed E-state index contributed by atoms with van der Waals surface area (Å²) in [5.41, 5.74) is 0. The Kier molecular flexibility index (Phi) is 1.91. The zero-order valence-electron chi connectivity index (χ0n) is 9.35. The van der Waals surface area contributed by atoms with Crippen molar-refractivity contribution in [2.75, 3.05) is 0 Å². The van der Waals surface area contributed by atoms with Gasteiger partial charge in [0.15, 0.2) is 4.33 Å². The molecule has 5 aliphatic carbocycles. The zero-order chi connectivity index (χ0) is 13.8. The SMILES string of the molecule is O=[13CH][13C@@H]1[13CH2][13C@H]2[13C@H]3[13C@@H]1[13C@]1(Cl)[13C](Cl)(Cl)[13C@]3(Cl)[13C@@]3(Cl)[13C@@H]2[13C@]31Cl. The Labute approximate surface area is 140 Å². The summed E-state index contributed by atoms with van der Waals surface area (Å²) in [6, 6.07) is 0. The first-order valence-electron chi connectivity index (χ1n) is 6.26. The topological polar surface area (TPSA) is 17.1 Å². The number of hydrogen-bond acceptors (Lipinski definition) is 1. The van der Waals surface area contributed by atoms with Gasteiger partial charge in [0, 0.05) is 11.8 Å². The first-order valence-corrected chi connectivity index (χ1v) is 8.53. The van der Waals surface area contributed by atoms with Crippen LogP contribution in [-0.4, -0.2) is 30.1 Å². The van der Waals surface area contributed by atoms with E-state index in [2.05, 4.69) is 0 Å². The summed E-state index contributed by atoms with van der Waals surface area (Å²) >= 11 is 40.4. The van der Waals surface area contributed by atoms with Crippen LogP contribution < -0.4 is 0 Å². The summed E-state index contributed by atoms with van der Waals surface area (Å²) < 4.78 is -1.41. The molecular formula is C12H8Cl6O. The quantitative estimate of drug-likeness (QED) is 0.377. The monoisotopic (exact) mass is 390 g/mol. The van der Waals surface area contributed by atoms with E-state index < -0.39 is 23.8 Å². The second-order valence-electron chi connectivity index (χ2n) is 6.65. The van der Waals surface area contributed by atoms with Gasteiger partial charge in [-0.25, -0.2) is 0 Å². The Bertz CT molecular complexity index is 566. The smallest absolute Gasteiger partial charge is 0.160 e. The van der Waals surface area contributed by atoms with E-state index in [9.17, 15) is 4.79 Å². The number of halogens is 6. The van der Waals surface area contributed by atoms with E-state index >= 15 is 0 Å². The largest absolute Gasteiger partial charge is 0.303 e. The molecule has 0 saturated heterocycles. The van der Waals surface area contributed by atoms with Crippen molar-refractivity contribution in [3.8, 4) is 0 Å². The van der Waals surface area contributed by atoms with Gasteiger partial charge in [-0.15, -0.1) is 46.4 Å². The van der Waals surface area contributed by atoms with Crippen LogP contribution in [0.5, 0.6) is 0 Å². The molecule has 0 radical (unpaired) electrons. The van der Waals surface area contributed by atoms with Gasteiger partial charge in [-0.05, 0) is 24.2 Å². The molecule has 0 heterocycles. The number of carbonyl (C=O) groups excluding carboxylic acids is 1. The third-order valence-corrected chi connectivity index (χ3v) is 11.9. The van der Waals surface area contributed by atoms with Gasteiger partial charge < -0.3 is 4.79 Å². The molecule has 0 unspecified atom stereocenters. The molecule has 0 N–H and O–H groups in total. The highest BCUT2D eigenvalue weighted by Crippen LogP contribution is 3.01. The van der Waals surface area contributed by atoms with Crippen molar-refractivity contribution in [2.45, 2.75) is 30.3 Å². The van der Waals surface area contributed by atoms with E-state index in [4.69, 9.17) is 69.6 Å². The zero-order valence-corrected chi connectivity index (χ0v) is 13.9. The van der Waals surface area contributed by atoms with Gasteiger partial charge in [0.1, 0.15) is 16.0 Å². The number of fused-ring (bicyclic) bond motifs is 5. The molecule has 104 valence electrons. The fraction of sp³-hybridized carbons (Fsp3) is 0.917. The van der Waals surface area contributed by atoms with Crippen molar-refractivity contribution < 1.29 is 4.79 Å². The first-order chi connectivity index (χ1) is 8.67. The van der Waals surface area contributed by atoms with Gasteiger partial charge in [0.2, 0.25) is 0 Å². The van der Waals surface area contributed by atoms with Crippen molar-refractivity contribution in [1.29, 1.82) is 0 Å². The minimum absolute atomic E-state index is 0.00941. The number of hydrogen-bond donors (Lipinski definition) is 0. The second kappa shape index (κ2) is 2.81. The van der Waals surface area contributed by atoms with Crippen LogP contribution in [0.2, 0.25) is 0 Å². The Hall–Kier alpha value is 1.41. The molecule has 5 fully saturated rings. The van der Waals surface area contributed by atoms with Crippen LogP contribution >= 0.6 is 69.6 Å². The van der Waals surface area contributed by atoms with Gasteiger partial charge in [-0.1, -0.05) is 23.2 Å². The summed E-state index contributed by atoms with van der Waals surface area (Å²) in [6.07, 6.45) is 1.70. The fourth-order valence-electron chi connectivity index (χ4n) is 6.34. The first kappa shape index (κ1) is 12.9. The number of rotatable bonds is 1. The summed E-state index contributed by atoms with van der Waals surface area (Å²) in [5, 5.41) is 0. The summed E-state index contributed by atoms with van der Waals surface area (Å²) in [7, 11) is 0. The van der Waals surface area contributed by atoms with Crippen LogP contribution in [0, 0.1) is 29.6 Å². The van der Waals surface area contributed by atoms with Crippen molar-refractivity contribution in [1.82, 2.24) is 0 Å². The van der Waals surface area contributed by atoms with E-state index in [1.807, 2.05) is 0 Å². The predicted molar refractivity (Wildman–Crippen MR) is 76.9 cm³/mol. The average Bonchev–Trinajstić information content (AvgIpc) is 2.59. The third kappa shape index (κ3) is 0.720. The molecule has 7 heteroatoms. The highest BCUT2D eigenvalue weighted by molar-refractivity contribution is 6.66. The Morgan fingerprint density at radius 1 is 0.842 bits per heavy atom. The summed E-state index contributed by atoms with van der Waals surface area (Å²) in [6.45, 7) is 0. The lowest BCUT2D eigenvalue weighted by Crippen LogP contribution is -2.53. The van der Waals surface area contributed by atoms with E-state index in [-0.39, 0.29) is 29.6 Å². The predicted octanol–water partition coefficient (Wildman–Crippen LogP) is 3.81. The maximum absolute atomic E-state index is 11.4. The van der Waals surface area contributed by atoms with Crippen LogP contribution in [0.3, 0.4) is 0 Å². The van der Waals surface area contributed by atoms with Gasteiger partial charge >= 0.3 is 0 Å². The Morgan fingerprint density at radius 3 is 1.84 bits per heavy atom. The van der Waals surface area contributed by atoms with E-state index in [1.54, 1.807) is 0 Å². The molecule has 2 bridgehead atoms. The van der Waals surface area contributed by atoms with E-state index in [0.717, 1.165) is 12.7 Å². The number of carbonyl (C=O) groups is 1. The molecule has 0 aliphatic heterocycles. The van der Waals surface area contributed by atoms with Crippen LogP contribution in [0.4, 0.5) is 0 Å². The van der Waals surface area contributed by atoms with Crippen LogP contribution in [-0.2, 0) is 4.79 Å².